The van der Waals surface area contributed by atoms with Crippen LogP contribution in [-0.2, 0) is 13.6 Å². The zero-order valence-electron chi connectivity index (χ0n) is 10.2. The predicted molar refractivity (Wildman–Crippen MR) is 62.9 cm³/mol. The number of rotatable bonds is 3. The van der Waals surface area contributed by atoms with E-state index in [9.17, 15) is 4.79 Å². The summed E-state index contributed by atoms with van der Waals surface area (Å²) in [6.45, 7) is 5.61. The molecule has 0 spiro atoms. The molecule has 2 N–H and O–H groups in total. The summed E-state index contributed by atoms with van der Waals surface area (Å²) < 4.78 is 1.65. The van der Waals surface area contributed by atoms with Gasteiger partial charge in [-0.25, -0.2) is 4.79 Å². The first-order chi connectivity index (χ1) is 8.09. The summed E-state index contributed by atoms with van der Waals surface area (Å²) in [6.07, 6.45) is 1.42. The highest BCUT2D eigenvalue weighted by atomic mass is 16.4. The fourth-order valence-electron chi connectivity index (χ4n) is 2.14. The lowest BCUT2D eigenvalue weighted by atomic mass is 10.1. The number of aryl methyl sites for hydroxylation is 1. The van der Waals surface area contributed by atoms with Gasteiger partial charge in [0.1, 0.15) is 5.56 Å². The van der Waals surface area contributed by atoms with Crippen molar-refractivity contribution in [2.24, 2.45) is 7.05 Å². The molecular formula is C11H18N4O2. The summed E-state index contributed by atoms with van der Waals surface area (Å²) in [7, 11) is 1.79. The minimum Gasteiger partial charge on any atom is -0.478 e. The van der Waals surface area contributed by atoms with E-state index in [1.54, 1.807) is 11.7 Å². The van der Waals surface area contributed by atoms with Crippen molar-refractivity contribution in [1.82, 2.24) is 20.0 Å². The second-order valence-corrected chi connectivity index (χ2v) is 4.46. The molecule has 2 rings (SSSR count). The Balaban J connectivity index is 2.17. The maximum absolute atomic E-state index is 11.1. The molecule has 1 aromatic rings. The van der Waals surface area contributed by atoms with Gasteiger partial charge in [-0.15, -0.1) is 0 Å². The summed E-state index contributed by atoms with van der Waals surface area (Å²) in [4.78, 5) is 13.4. The number of aromatic carboxylic acids is 1. The van der Waals surface area contributed by atoms with Gasteiger partial charge in [-0.2, -0.15) is 5.10 Å². The lowest BCUT2D eigenvalue weighted by Gasteiger charge is -2.33. The molecular weight excluding hydrogens is 220 g/mol. The van der Waals surface area contributed by atoms with Crippen LogP contribution in [0.3, 0.4) is 0 Å². The standard InChI is InChI=1S/C11H18N4O2/c1-8-5-12-3-4-15(8)7-10-9(11(16)17)6-13-14(10)2/h6,8,12H,3-5,7H2,1-2H3,(H,16,17)/t8-/m0/s1. The molecule has 0 unspecified atom stereocenters. The van der Waals surface area contributed by atoms with Crippen LogP contribution in [0.25, 0.3) is 0 Å². The number of carbonyl (C=O) groups is 1. The number of hydrogen-bond acceptors (Lipinski definition) is 4. The van der Waals surface area contributed by atoms with Crippen molar-refractivity contribution in [3.05, 3.63) is 17.5 Å². The van der Waals surface area contributed by atoms with Crippen molar-refractivity contribution < 1.29 is 9.90 Å². The van der Waals surface area contributed by atoms with Gasteiger partial charge >= 0.3 is 5.97 Å². The van der Waals surface area contributed by atoms with Gasteiger partial charge in [0.05, 0.1) is 11.9 Å². The van der Waals surface area contributed by atoms with Gasteiger partial charge < -0.3 is 10.4 Å². The topological polar surface area (TPSA) is 70.4 Å². The van der Waals surface area contributed by atoms with Crippen LogP contribution in [0.2, 0.25) is 0 Å². The molecule has 17 heavy (non-hydrogen) atoms. The van der Waals surface area contributed by atoms with E-state index in [4.69, 9.17) is 5.11 Å². The van der Waals surface area contributed by atoms with Crippen molar-refractivity contribution in [1.29, 1.82) is 0 Å². The van der Waals surface area contributed by atoms with E-state index < -0.39 is 5.97 Å². The Morgan fingerprint density at radius 1 is 1.71 bits per heavy atom. The van der Waals surface area contributed by atoms with Crippen LogP contribution in [0, 0.1) is 0 Å². The Kier molecular flexibility index (Phi) is 3.44. The molecule has 0 bridgehead atoms. The molecule has 1 aliphatic rings. The number of carboxylic acid groups (broad SMARTS) is 1. The lowest BCUT2D eigenvalue weighted by Crippen LogP contribution is -2.49. The molecule has 2 heterocycles. The van der Waals surface area contributed by atoms with E-state index in [0.29, 0.717) is 18.2 Å². The monoisotopic (exact) mass is 238 g/mol. The highest BCUT2D eigenvalue weighted by Gasteiger charge is 2.22. The molecule has 1 aliphatic heterocycles. The van der Waals surface area contributed by atoms with Gasteiger partial charge in [0.25, 0.3) is 0 Å². The van der Waals surface area contributed by atoms with Crippen LogP contribution < -0.4 is 5.32 Å². The van der Waals surface area contributed by atoms with Crippen LogP contribution in [0.15, 0.2) is 6.20 Å². The summed E-state index contributed by atoms with van der Waals surface area (Å²) in [5.41, 5.74) is 1.07. The summed E-state index contributed by atoms with van der Waals surface area (Å²) in [5.74, 6) is -0.907. The minimum absolute atomic E-state index is 0.304. The maximum atomic E-state index is 11.1. The predicted octanol–water partition coefficient (Wildman–Crippen LogP) is -0.0880. The second-order valence-electron chi connectivity index (χ2n) is 4.46. The second kappa shape index (κ2) is 4.85. The smallest absolute Gasteiger partial charge is 0.339 e. The van der Waals surface area contributed by atoms with Crippen molar-refractivity contribution >= 4 is 5.97 Å². The quantitative estimate of drug-likeness (QED) is 0.770. The largest absolute Gasteiger partial charge is 0.478 e. The van der Waals surface area contributed by atoms with Crippen LogP contribution in [0.4, 0.5) is 0 Å². The number of nitrogens with zero attached hydrogens (tertiary/aromatic N) is 3. The average molecular weight is 238 g/mol. The number of piperazine rings is 1. The minimum atomic E-state index is -0.907. The van der Waals surface area contributed by atoms with Gasteiger partial charge in [0.15, 0.2) is 0 Å². The highest BCUT2D eigenvalue weighted by molar-refractivity contribution is 5.88. The Bertz CT molecular complexity index is 416. The SMILES string of the molecule is C[C@H]1CNCCN1Cc1c(C(=O)O)cnn1C. The third kappa shape index (κ3) is 2.48. The number of carboxylic acids is 1. The molecule has 0 radical (unpaired) electrons. The average Bonchev–Trinajstić information content (AvgIpc) is 2.64. The molecule has 0 saturated carbocycles. The zero-order chi connectivity index (χ0) is 12.4. The number of aromatic nitrogens is 2. The third-order valence-electron chi connectivity index (χ3n) is 3.28. The molecule has 6 nitrogen and oxygen atoms in total. The van der Waals surface area contributed by atoms with E-state index in [0.717, 1.165) is 25.3 Å². The first-order valence-electron chi connectivity index (χ1n) is 5.78. The fourth-order valence-corrected chi connectivity index (χ4v) is 2.14. The Hall–Kier alpha value is -1.40. The van der Waals surface area contributed by atoms with E-state index >= 15 is 0 Å². The molecule has 1 aromatic heterocycles. The highest BCUT2D eigenvalue weighted by Crippen LogP contribution is 2.13. The molecule has 1 atom stereocenters. The van der Waals surface area contributed by atoms with Gasteiger partial charge in [0.2, 0.25) is 0 Å². The Labute approximate surface area is 100 Å². The van der Waals surface area contributed by atoms with Crippen LogP contribution >= 0.6 is 0 Å². The Morgan fingerprint density at radius 3 is 3.12 bits per heavy atom. The van der Waals surface area contributed by atoms with Gasteiger partial charge in [-0.1, -0.05) is 0 Å². The summed E-state index contributed by atoms with van der Waals surface area (Å²) in [5, 5.41) is 16.4. The maximum Gasteiger partial charge on any atom is 0.339 e. The molecule has 94 valence electrons. The van der Waals surface area contributed by atoms with Crippen LogP contribution in [0.1, 0.15) is 23.0 Å². The van der Waals surface area contributed by atoms with Crippen LogP contribution in [0.5, 0.6) is 0 Å². The normalized spacial score (nSPS) is 21.6. The molecule has 6 heteroatoms. The van der Waals surface area contributed by atoms with E-state index in [2.05, 4.69) is 22.2 Å². The molecule has 0 aromatic carbocycles. The van der Waals surface area contributed by atoms with Crippen molar-refractivity contribution in [2.45, 2.75) is 19.5 Å². The van der Waals surface area contributed by atoms with E-state index in [-0.39, 0.29) is 0 Å². The fraction of sp³-hybridized carbons (Fsp3) is 0.636. The summed E-state index contributed by atoms with van der Waals surface area (Å²) in [6, 6.07) is 0.417. The van der Waals surface area contributed by atoms with E-state index in [1.165, 1.54) is 6.20 Å². The molecule has 0 aliphatic carbocycles. The first kappa shape index (κ1) is 12.1. The lowest BCUT2D eigenvalue weighted by molar-refractivity contribution is 0.0692. The van der Waals surface area contributed by atoms with Gasteiger partial charge in [-0.3, -0.25) is 9.58 Å². The van der Waals surface area contributed by atoms with Gasteiger partial charge in [-0.05, 0) is 6.92 Å². The molecule has 1 saturated heterocycles. The van der Waals surface area contributed by atoms with Gasteiger partial charge in [0, 0.05) is 39.3 Å². The van der Waals surface area contributed by atoms with Crippen molar-refractivity contribution in [3.8, 4) is 0 Å². The summed E-state index contributed by atoms with van der Waals surface area (Å²) >= 11 is 0. The van der Waals surface area contributed by atoms with Crippen molar-refractivity contribution in [3.63, 3.8) is 0 Å². The zero-order valence-corrected chi connectivity index (χ0v) is 10.2. The Morgan fingerprint density at radius 2 is 2.47 bits per heavy atom. The number of nitrogens with one attached hydrogen (secondary N) is 1. The van der Waals surface area contributed by atoms with Crippen LogP contribution in [-0.4, -0.2) is 51.4 Å². The van der Waals surface area contributed by atoms with E-state index in [1.807, 2.05) is 0 Å². The number of hydrogen-bond donors (Lipinski definition) is 2. The van der Waals surface area contributed by atoms with Crippen molar-refractivity contribution in [2.75, 3.05) is 19.6 Å². The molecule has 1 fully saturated rings. The molecule has 0 amide bonds. The first-order valence-corrected chi connectivity index (χ1v) is 5.78. The third-order valence-corrected chi connectivity index (χ3v) is 3.28.